The van der Waals surface area contributed by atoms with E-state index in [1.807, 2.05) is 32.9 Å². The Bertz CT molecular complexity index is 1460. The summed E-state index contributed by atoms with van der Waals surface area (Å²) in [5, 5.41) is 3.41. The van der Waals surface area contributed by atoms with Crippen molar-refractivity contribution >= 4 is 34.4 Å². The fourth-order valence-corrected chi connectivity index (χ4v) is 4.43. The number of carbonyl (C=O) groups is 2. The molecule has 3 aromatic carbocycles. The molecule has 0 bridgehead atoms. The van der Waals surface area contributed by atoms with Gasteiger partial charge in [-0.15, -0.1) is 0 Å². The molecule has 0 saturated carbocycles. The van der Waals surface area contributed by atoms with Crippen LogP contribution in [0.5, 0.6) is 0 Å². The number of ketones is 1. The molecular formula is C27H24FN3O3S. The van der Waals surface area contributed by atoms with Gasteiger partial charge in [0.15, 0.2) is 10.9 Å². The number of halogens is 1. The third kappa shape index (κ3) is 5.49. The van der Waals surface area contributed by atoms with Crippen molar-refractivity contribution < 1.29 is 14.0 Å². The lowest BCUT2D eigenvalue weighted by atomic mass is 10.1. The smallest absolute Gasteiger partial charge is 0.266 e. The number of nitrogens with one attached hydrogen (secondary N) is 1. The Morgan fingerprint density at radius 3 is 2.31 bits per heavy atom. The van der Waals surface area contributed by atoms with E-state index in [9.17, 15) is 18.8 Å². The summed E-state index contributed by atoms with van der Waals surface area (Å²) < 4.78 is 14.9. The molecule has 0 aliphatic rings. The van der Waals surface area contributed by atoms with Gasteiger partial charge in [-0.25, -0.2) is 9.37 Å². The zero-order valence-electron chi connectivity index (χ0n) is 19.5. The van der Waals surface area contributed by atoms with Crippen LogP contribution >= 0.6 is 11.8 Å². The predicted molar refractivity (Wildman–Crippen MR) is 136 cm³/mol. The summed E-state index contributed by atoms with van der Waals surface area (Å²) in [6.07, 6.45) is 0. The molecule has 0 fully saturated rings. The first-order valence-electron chi connectivity index (χ1n) is 11.1. The Morgan fingerprint density at radius 1 is 1.00 bits per heavy atom. The first-order valence-corrected chi connectivity index (χ1v) is 12.1. The van der Waals surface area contributed by atoms with Crippen LogP contribution in [0, 0.1) is 12.7 Å². The summed E-state index contributed by atoms with van der Waals surface area (Å²) >= 11 is 1.12. The Labute approximate surface area is 206 Å². The van der Waals surface area contributed by atoms with E-state index in [1.54, 1.807) is 30.3 Å². The van der Waals surface area contributed by atoms with E-state index in [1.165, 1.54) is 28.8 Å². The van der Waals surface area contributed by atoms with E-state index in [0.29, 0.717) is 27.7 Å². The van der Waals surface area contributed by atoms with Crippen molar-refractivity contribution in [3.05, 3.63) is 99.6 Å². The molecule has 6 nitrogen and oxygen atoms in total. The van der Waals surface area contributed by atoms with Crippen molar-refractivity contribution in [2.24, 2.45) is 0 Å². The molecule has 178 valence electrons. The number of hydrogen-bond donors (Lipinski definition) is 1. The van der Waals surface area contributed by atoms with Gasteiger partial charge in [0.25, 0.3) is 11.5 Å². The number of amides is 1. The Morgan fingerprint density at radius 2 is 1.66 bits per heavy atom. The van der Waals surface area contributed by atoms with E-state index in [2.05, 4.69) is 10.3 Å². The molecule has 0 saturated heterocycles. The molecule has 8 heteroatoms. The zero-order valence-corrected chi connectivity index (χ0v) is 20.4. The summed E-state index contributed by atoms with van der Waals surface area (Å²) in [6, 6.07) is 17.4. The first kappa shape index (κ1) is 24.3. The van der Waals surface area contributed by atoms with Crippen molar-refractivity contribution in [2.75, 3.05) is 5.75 Å². The minimum Gasteiger partial charge on any atom is -0.350 e. The third-order valence-electron chi connectivity index (χ3n) is 5.31. The number of fused-ring (bicyclic) bond motifs is 1. The predicted octanol–water partition coefficient (Wildman–Crippen LogP) is 4.95. The van der Waals surface area contributed by atoms with Crippen LogP contribution in [0.15, 0.2) is 76.7 Å². The summed E-state index contributed by atoms with van der Waals surface area (Å²) in [7, 11) is 0. The van der Waals surface area contributed by atoms with Gasteiger partial charge in [-0.3, -0.25) is 19.0 Å². The lowest BCUT2D eigenvalue weighted by Gasteiger charge is -2.14. The highest BCUT2D eigenvalue weighted by atomic mass is 32.2. The minimum atomic E-state index is -0.430. The van der Waals surface area contributed by atoms with Crippen molar-refractivity contribution in [3.63, 3.8) is 0 Å². The van der Waals surface area contributed by atoms with Gasteiger partial charge in [0, 0.05) is 17.2 Å². The minimum absolute atomic E-state index is 0.0449. The molecule has 4 rings (SSSR count). The first-order chi connectivity index (χ1) is 16.7. The van der Waals surface area contributed by atoms with Crippen LogP contribution in [0.25, 0.3) is 16.6 Å². The van der Waals surface area contributed by atoms with Gasteiger partial charge < -0.3 is 5.32 Å². The molecule has 1 amide bonds. The Balaban J connectivity index is 1.78. The van der Waals surface area contributed by atoms with Crippen LogP contribution in [0.1, 0.15) is 40.1 Å². The summed E-state index contributed by atoms with van der Waals surface area (Å²) in [6.45, 7) is 5.66. The molecule has 0 unspecified atom stereocenters. The van der Waals surface area contributed by atoms with E-state index in [4.69, 9.17) is 0 Å². The number of carbonyl (C=O) groups excluding carboxylic acids is 2. The second-order valence-electron chi connectivity index (χ2n) is 8.45. The average molecular weight is 490 g/mol. The van der Waals surface area contributed by atoms with Crippen LogP contribution in [-0.2, 0) is 0 Å². The van der Waals surface area contributed by atoms with Crippen molar-refractivity contribution in [3.8, 4) is 5.69 Å². The molecule has 0 spiro atoms. The third-order valence-corrected chi connectivity index (χ3v) is 6.25. The number of aromatic nitrogens is 2. The number of rotatable bonds is 7. The second kappa shape index (κ2) is 10.2. The lowest BCUT2D eigenvalue weighted by Crippen LogP contribution is -2.30. The molecule has 0 atom stereocenters. The maximum Gasteiger partial charge on any atom is 0.266 e. The molecular weight excluding hydrogens is 465 g/mol. The van der Waals surface area contributed by atoms with Gasteiger partial charge in [-0.2, -0.15) is 0 Å². The number of thioether (sulfide) groups is 1. The van der Waals surface area contributed by atoms with Crippen LogP contribution in [0.2, 0.25) is 0 Å². The fourth-order valence-electron chi connectivity index (χ4n) is 3.52. The summed E-state index contributed by atoms with van der Waals surface area (Å²) in [5.74, 6) is -0.759. The quantitative estimate of drug-likeness (QED) is 0.226. The number of nitrogens with zero attached hydrogens (tertiary/aromatic N) is 2. The van der Waals surface area contributed by atoms with Crippen LogP contribution in [0.3, 0.4) is 0 Å². The number of aryl methyl sites for hydroxylation is 1. The van der Waals surface area contributed by atoms with Gasteiger partial charge in [-0.05, 0) is 63.2 Å². The van der Waals surface area contributed by atoms with Gasteiger partial charge in [0.2, 0.25) is 0 Å². The second-order valence-corrected chi connectivity index (χ2v) is 9.39. The van der Waals surface area contributed by atoms with Crippen molar-refractivity contribution in [1.82, 2.24) is 14.9 Å². The van der Waals surface area contributed by atoms with Gasteiger partial charge in [0.1, 0.15) is 5.82 Å². The normalized spacial score (nSPS) is 11.1. The summed E-state index contributed by atoms with van der Waals surface area (Å²) in [5.41, 5.74) is 2.39. The molecule has 35 heavy (non-hydrogen) atoms. The van der Waals surface area contributed by atoms with Crippen LogP contribution in [0.4, 0.5) is 4.39 Å². The maximum absolute atomic E-state index is 13.5. The summed E-state index contributed by atoms with van der Waals surface area (Å²) in [4.78, 5) is 43.4. The molecule has 4 aromatic rings. The standard InChI is InChI=1S/C27H24FN3O3S/c1-16(2)29-25(33)19-8-13-22-23(14-19)30-27(31(26(22)34)21-11-9-20(28)10-12-21)35-15-24(32)18-6-4-17(3)5-7-18/h4-14,16H,15H2,1-3H3,(H,29,33). The Kier molecular flexibility index (Phi) is 7.12. The fraction of sp³-hybridized carbons (Fsp3) is 0.185. The zero-order chi connectivity index (χ0) is 25.1. The van der Waals surface area contributed by atoms with E-state index >= 15 is 0 Å². The molecule has 1 aromatic heterocycles. The molecule has 0 aliphatic heterocycles. The van der Waals surface area contributed by atoms with E-state index < -0.39 is 5.82 Å². The monoisotopic (exact) mass is 489 g/mol. The average Bonchev–Trinajstić information content (AvgIpc) is 2.83. The van der Waals surface area contributed by atoms with Crippen molar-refractivity contribution in [1.29, 1.82) is 0 Å². The molecule has 1 heterocycles. The number of Topliss-reactive ketones (excluding diaryl/α,β-unsaturated/α-hetero) is 1. The number of hydrogen-bond acceptors (Lipinski definition) is 5. The Hall–Kier alpha value is -3.78. The van der Waals surface area contributed by atoms with E-state index in [-0.39, 0.29) is 34.2 Å². The van der Waals surface area contributed by atoms with E-state index in [0.717, 1.165) is 17.3 Å². The molecule has 0 radical (unpaired) electrons. The molecule has 1 N–H and O–H groups in total. The van der Waals surface area contributed by atoms with Crippen LogP contribution in [-0.4, -0.2) is 33.0 Å². The SMILES string of the molecule is Cc1ccc(C(=O)CSc2nc3cc(C(=O)NC(C)C)ccc3c(=O)n2-c2ccc(F)cc2)cc1. The van der Waals surface area contributed by atoms with Gasteiger partial charge in [-0.1, -0.05) is 41.6 Å². The highest BCUT2D eigenvalue weighted by Crippen LogP contribution is 2.23. The van der Waals surface area contributed by atoms with Crippen molar-refractivity contribution in [2.45, 2.75) is 32.0 Å². The van der Waals surface area contributed by atoms with Crippen LogP contribution < -0.4 is 10.9 Å². The van der Waals surface area contributed by atoms with Gasteiger partial charge in [0.05, 0.1) is 22.3 Å². The highest BCUT2D eigenvalue weighted by Gasteiger charge is 2.17. The number of benzene rings is 3. The molecule has 0 aliphatic carbocycles. The largest absolute Gasteiger partial charge is 0.350 e. The topological polar surface area (TPSA) is 81.1 Å². The maximum atomic E-state index is 13.5. The van der Waals surface area contributed by atoms with Gasteiger partial charge >= 0.3 is 0 Å². The highest BCUT2D eigenvalue weighted by molar-refractivity contribution is 7.99. The lowest BCUT2D eigenvalue weighted by molar-refractivity contribution is 0.0942.